The lowest BCUT2D eigenvalue weighted by molar-refractivity contribution is -0.149. The van der Waals surface area contributed by atoms with Crippen molar-refractivity contribution in [1.29, 1.82) is 5.41 Å². The Morgan fingerprint density at radius 2 is 2.12 bits per heavy atom. The lowest BCUT2D eigenvalue weighted by Gasteiger charge is -2.28. The van der Waals surface area contributed by atoms with Crippen molar-refractivity contribution in [2.45, 2.75) is 20.3 Å². The first-order chi connectivity index (χ1) is 6.88. The first-order valence-electron chi connectivity index (χ1n) is 4.46. The van der Waals surface area contributed by atoms with E-state index in [0.29, 0.717) is 6.42 Å². The van der Waals surface area contributed by atoms with Gasteiger partial charge in [-0.3, -0.25) is 4.79 Å². The van der Waals surface area contributed by atoms with Crippen LogP contribution in [-0.4, -0.2) is 23.4 Å². The van der Waals surface area contributed by atoms with Gasteiger partial charge in [0.15, 0.2) is 0 Å². The van der Waals surface area contributed by atoms with E-state index in [1.165, 1.54) is 12.3 Å². The molecule has 0 fully saturated rings. The summed E-state index contributed by atoms with van der Waals surface area (Å²) in [5.41, 5.74) is -1.09. The molecule has 2 unspecified atom stereocenters. The summed E-state index contributed by atoms with van der Waals surface area (Å²) in [6.07, 6.45) is 1.25. The summed E-state index contributed by atoms with van der Waals surface area (Å²) in [5, 5.41) is 15.3. The molecule has 92 valence electrons. The predicted molar refractivity (Wildman–Crippen MR) is 62.2 cm³/mol. The van der Waals surface area contributed by atoms with E-state index in [1.54, 1.807) is 13.8 Å². The van der Waals surface area contributed by atoms with Gasteiger partial charge in [0.05, 0.1) is 5.41 Å². The molecular formula is C10H16ClNO4. The number of rotatable bonds is 5. The van der Waals surface area contributed by atoms with Crippen molar-refractivity contribution in [3.8, 4) is 0 Å². The zero-order valence-electron chi connectivity index (χ0n) is 9.23. The minimum absolute atomic E-state index is 0. The van der Waals surface area contributed by atoms with E-state index in [1.807, 2.05) is 0 Å². The Morgan fingerprint density at radius 1 is 1.62 bits per heavy atom. The van der Waals surface area contributed by atoms with E-state index < -0.39 is 17.5 Å². The second-order valence-corrected chi connectivity index (χ2v) is 3.48. The summed E-state index contributed by atoms with van der Waals surface area (Å²) in [7, 11) is 0. The van der Waals surface area contributed by atoms with Gasteiger partial charge in [0.1, 0.15) is 0 Å². The molecule has 2 atom stereocenters. The van der Waals surface area contributed by atoms with Gasteiger partial charge >= 0.3 is 12.1 Å². The maximum absolute atomic E-state index is 11.5. The van der Waals surface area contributed by atoms with E-state index in [0.717, 1.165) is 0 Å². The monoisotopic (exact) mass is 249 g/mol. The van der Waals surface area contributed by atoms with Crippen molar-refractivity contribution in [2.75, 3.05) is 0 Å². The molecule has 0 aromatic heterocycles. The number of carbonyl (C=O) groups excluding carboxylic acids is 1. The first-order valence-corrected chi connectivity index (χ1v) is 4.46. The SMILES string of the molecule is C=CC(C)(C(=O)OC(=O)O)C(C)CC=N.Cl. The molecule has 0 saturated carbocycles. The normalized spacial score (nSPS) is 14.9. The van der Waals surface area contributed by atoms with Crippen molar-refractivity contribution in [3.63, 3.8) is 0 Å². The minimum atomic E-state index is -1.63. The van der Waals surface area contributed by atoms with Crippen molar-refractivity contribution < 1.29 is 19.4 Å². The van der Waals surface area contributed by atoms with Crippen LogP contribution in [0.1, 0.15) is 20.3 Å². The Balaban J connectivity index is 0. The molecule has 0 heterocycles. The fraction of sp³-hybridized carbons (Fsp3) is 0.500. The first kappa shape index (κ1) is 17.0. The van der Waals surface area contributed by atoms with Gasteiger partial charge in [-0.1, -0.05) is 13.0 Å². The smallest absolute Gasteiger partial charge is 0.449 e. The Morgan fingerprint density at radius 3 is 2.44 bits per heavy atom. The van der Waals surface area contributed by atoms with Crippen LogP contribution in [0.4, 0.5) is 4.79 Å². The topological polar surface area (TPSA) is 87.5 Å². The zero-order chi connectivity index (χ0) is 12.1. The largest absolute Gasteiger partial charge is 0.513 e. The molecule has 0 amide bonds. The molecule has 5 nitrogen and oxygen atoms in total. The molecule has 6 heteroatoms. The van der Waals surface area contributed by atoms with E-state index in [-0.39, 0.29) is 18.3 Å². The van der Waals surface area contributed by atoms with Crippen LogP contribution < -0.4 is 0 Å². The molecule has 0 aliphatic heterocycles. The van der Waals surface area contributed by atoms with Gasteiger partial charge in [0, 0.05) is 0 Å². The van der Waals surface area contributed by atoms with E-state index >= 15 is 0 Å². The highest BCUT2D eigenvalue weighted by atomic mass is 35.5. The van der Waals surface area contributed by atoms with Crippen molar-refractivity contribution in [3.05, 3.63) is 12.7 Å². The molecular weight excluding hydrogens is 234 g/mol. The van der Waals surface area contributed by atoms with Gasteiger partial charge in [-0.15, -0.1) is 19.0 Å². The van der Waals surface area contributed by atoms with Crippen molar-refractivity contribution >= 4 is 30.7 Å². The van der Waals surface area contributed by atoms with Gasteiger partial charge < -0.3 is 15.3 Å². The second kappa shape index (κ2) is 7.00. The molecule has 2 N–H and O–H groups in total. The summed E-state index contributed by atoms with van der Waals surface area (Å²) in [6, 6.07) is 0. The third-order valence-corrected chi connectivity index (χ3v) is 2.54. The summed E-state index contributed by atoms with van der Waals surface area (Å²) >= 11 is 0. The Labute approximate surface area is 100 Å². The third-order valence-electron chi connectivity index (χ3n) is 2.54. The lowest BCUT2D eigenvalue weighted by atomic mass is 9.77. The van der Waals surface area contributed by atoms with Crippen molar-refractivity contribution in [2.24, 2.45) is 11.3 Å². The van der Waals surface area contributed by atoms with E-state index in [9.17, 15) is 9.59 Å². The third kappa shape index (κ3) is 4.02. The number of halogens is 1. The predicted octanol–water partition coefficient (Wildman–Crippen LogP) is 2.50. The molecule has 0 rings (SSSR count). The van der Waals surface area contributed by atoms with Crippen LogP contribution in [0.15, 0.2) is 12.7 Å². The lowest BCUT2D eigenvalue weighted by Crippen LogP contribution is -2.35. The summed E-state index contributed by atoms with van der Waals surface area (Å²) < 4.78 is 4.11. The fourth-order valence-electron chi connectivity index (χ4n) is 1.10. The summed E-state index contributed by atoms with van der Waals surface area (Å²) in [4.78, 5) is 21.7. The average Bonchev–Trinajstić information content (AvgIpc) is 2.15. The number of carboxylic acid groups (broad SMARTS) is 1. The van der Waals surface area contributed by atoms with Crippen LogP contribution in [-0.2, 0) is 9.53 Å². The number of hydrogen-bond donors (Lipinski definition) is 2. The highest BCUT2D eigenvalue weighted by Crippen LogP contribution is 2.32. The van der Waals surface area contributed by atoms with Crippen LogP contribution in [0.3, 0.4) is 0 Å². The van der Waals surface area contributed by atoms with Gasteiger partial charge in [0.2, 0.25) is 0 Å². The number of carbonyl (C=O) groups is 2. The minimum Gasteiger partial charge on any atom is -0.449 e. The summed E-state index contributed by atoms with van der Waals surface area (Å²) in [5.74, 6) is -1.10. The van der Waals surface area contributed by atoms with Crippen LogP contribution in [0.2, 0.25) is 0 Å². The molecule has 0 spiro atoms. The quantitative estimate of drug-likeness (QED) is 0.339. The molecule has 16 heavy (non-hydrogen) atoms. The van der Waals surface area contributed by atoms with Gasteiger partial charge in [-0.05, 0) is 25.5 Å². The van der Waals surface area contributed by atoms with Gasteiger partial charge in [-0.25, -0.2) is 4.79 Å². The summed E-state index contributed by atoms with van der Waals surface area (Å²) in [6.45, 7) is 6.77. The van der Waals surface area contributed by atoms with Crippen LogP contribution in [0.25, 0.3) is 0 Å². The Hall–Kier alpha value is -1.36. The Kier molecular flexibility index (Phi) is 7.46. The number of nitrogens with one attached hydrogen (secondary N) is 1. The average molecular weight is 250 g/mol. The molecule has 0 aromatic carbocycles. The molecule has 0 aliphatic rings. The number of ether oxygens (including phenoxy) is 1. The zero-order valence-corrected chi connectivity index (χ0v) is 10.0. The van der Waals surface area contributed by atoms with Gasteiger partial charge in [-0.2, -0.15) is 0 Å². The molecule has 0 radical (unpaired) electrons. The Bertz CT molecular complexity index is 293. The maximum atomic E-state index is 11.5. The maximum Gasteiger partial charge on any atom is 0.513 e. The fourth-order valence-corrected chi connectivity index (χ4v) is 1.10. The highest BCUT2D eigenvalue weighted by Gasteiger charge is 2.38. The van der Waals surface area contributed by atoms with Crippen LogP contribution >= 0.6 is 12.4 Å². The number of hydrogen-bond acceptors (Lipinski definition) is 4. The van der Waals surface area contributed by atoms with E-state index in [2.05, 4.69) is 11.3 Å². The van der Waals surface area contributed by atoms with Crippen LogP contribution in [0, 0.1) is 16.7 Å². The molecule has 0 saturated heterocycles. The standard InChI is InChI=1S/C10H15NO4.ClH/c1-4-10(3,7(2)5-6-11)8(12)15-9(13)14;/h4,6-7,11H,1,5H2,2-3H3,(H,13,14);1H. The van der Waals surface area contributed by atoms with Gasteiger partial charge in [0.25, 0.3) is 0 Å². The molecule has 0 bridgehead atoms. The van der Waals surface area contributed by atoms with E-state index in [4.69, 9.17) is 10.5 Å². The highest BCUT2D eigenvalue weighted by molar-refractivity contribution is 5.87. The molecule has 0 aliphatic carbocycles. The van der Waals surface area contributed by atoms with Crippen LogP contribution in [0.5, 0.6) is 0 Å². The second-order valence-electron chi connectivity index (χ2n) is 3.48. The number of esters is 1. The molecule has 0 aromatic rings. The van der Waals surface area contributed by atoms with Crippen molar-refractivity contribution in [1.82, 2.24) is 0 Å².